The Morgan fingerprint density at radius 3 is 1.40 bits per heavy atom. The van der Waals surface area contributed by atoms with E-state index in [0.29, 0.717) is 16.2 Å². The summed E-state index contributed by atoms with van der Waals surface area (Å²) in [5.74, 6) is 1.47. The lowest BCUT2D eigenvalue weighted by Gasteiger charge is -2.35. The number of hydrogen-bond donors (Lipinski definition) is 0. The van der Waals surface area contributed by atoms with Crippen LogP contribution < -0.4 is 41.9 Å². The molecule has 40 heavy (non-hydrogen) atoms. The minimum atomic E-state index is -3.21. The standard InChI is InChI=1S/C37H29BOSi/c1-28-25-29(38-34-21-11-13-23-36(34)39-37-24-14-12-22-35(37)38)27-33(26-28)40(30-15-5-2-6-16-30,31-17-7-3-8-18-31)32-19-9-4-10-20-32/h2-27H,1H3/i25D,26D,27D. The van der Waals surface area contributed by atoms with Crippen molar-refractivity contribution < 1.29 is 8.85 Å². The normalized spacial score (nSPS) is 13.3. The largest absolute Gasteiger partial charge is 0.458 e. The summed E-state index contributed by atoms with van der Waals surface area (Å²) >= 11 is 0. The second kappa shape index (κ2) is 10.2. The van der Waals surface area contributed by atoms with Crippen molar-refractivity contribution in [3.05, 3.63) is 163 Å². The maximum atomic E-state index is 10.1. The fraction of sp³-hybridized carbons (Fsp3) is 0.0270. The summed E-state index contributed by atoms with van der Waals surface area (Å²) in [5.41, 5.74) is 3.06. The molecule has 0 saturated heterocycles. The molecule has 1 heterocycles. The van der Waals surface area contributed by atoms with Crippen molar-refractivity contribution in [2.24, 2.45) is 0 Å². The van der Waals surface area contributed by atoms with E-state index in [9.17, 15) is 4.11 Å². The van der Waals surface area contributed by atoms with Crippen molar-refractivity contribution in [2.45, 2.75) is 6.92 Å². The van der Waals surface area contributed by atoms with Crippen LogP contribution in [0.15, 0.2) is 158 Å². The third-order valence-electron chi connectivity index (χ3n) is 7.86. The van der Waals surface area contributed by atoms with Gasteiger partial charge in [-0.15, -0.1) is 0 Å². The summed E-state index contributed by atoms with van der Waals surface area (Å²) in [6.07, 6.45) is 0. The zero-order valence-electron chi connectivity index (χ0n) is 25.3. The average Bonchev–Trinajstić information content (AvgIpc) is 3.06. The molecular formula is C37H29BOSi. The van der Waals surface area contributed by atoms with E-state index >= 15 is 0 Å². The van der Waals surface area contributed by atoms with Gasteiger partial charge in [-0.1, -0.05) is 157 Å². The van der Waals surface area contributed by atoms with Crippen LogP contribution in [0, 0.1) is 6.92 Å². The zero-order chi connectivity index (χ0) is 29.6. The molecule has 0 fully saturated rings. The third-order valence-corrected chi connectivity index (χ3v) is 12.5. The van der Waals surface area contributed by atoms with Gasteiger partial charge in [0.05, 0.1) is 4.11 Å². The molecule has 7 rings (SSSR count). The molecule has 6 aromatic carbocycles. The van der Waals surface area contributed by atoms with Gasteiger partial charge in [-0.2, -0.15) is 0 Å². The molecule has 0 amide bonds. The van der Waals surface area contributed by atoms with Crippen LogP contribution in [-0.2, 0) is 0 Å². The molecule has 0 unspecified atom stereocenters. The molecule has 3 heteroatoms. The Balaban J connectivity index is 1.65. The lowest BCUT2D eigenvalue weighted by atomic mass is 9.36. The van der Waals surface area contributed by atoms with Crippen LogP contribution in [0.4, 0.5) is 0 Å². The fourth-order valence-corrected chi connectivity index (χ4v) is 10.8. The molecule has 1 aliphatic heterocycles. The van der Waals surface area contributed by atoms with E-state index in [0.717, 1.165) is 38.0 Å². The molecule has 1 nitrogen and oxygen atoms in total. The van der Waals surface area contributed by atoms with Crippen molar-refractivity contribution in [1.29, 1.82) is 0 Å². The first kappa shape index (κ1) is 21.3. The summed E-state index contributed by atoms with van der Waals surface area (Å²) < 4.78 is 35.5. The Morgan fingerprint density at radius 1 is 0.500 bits per heavy atom. The van der Waals surface area contributed by atoms with Crippen LogP contribution >= 0.6 is 0 Å². The maximum Gasteiger partial charge on any atom is 0.250 e. The number of benzene rings is 6. The molecule has 1 aliphatic rings. The number of hydrogen-bond acceptors (Lipinski definition) is 1. The van der Waals surface area contributed by atoms with E-state index in [2.05, 4.69) is 36.4 Å². The highest BCUT2D eigenvalue weighted by Crippen LogP contribution is 2.24. The van der Waals surface area contributed by atoms with E-state index < -0.39 is 8.07 Å². The van der Waals surface area contributed by atoms with Gasteiger partial charge in [-0.3, -0.25) is 0 Å². The minimum absolute atomic E-state index is 0.243. The lowest BCUT2D eigenvalue weighted by molar-refractivity contribution is 0.487. The Labute approximate surface area is 242 Å². The summed E-state index contributed by atoms with van der Waals surface area (Å²) in [5, 5.41) is 4.02. The predicted molar refractivity (Wildman–Crippen MR) is 172 cm³/mol. The summed E-state index contributed by atoms with van der Waals surface area (Å²) in [4.78, 5) is 0. The highest BCUT2D eigenvalue weighted by atomic mass is 28.3. The van der Waals surface area contributed by atoms with Gasteiger partial charge in [0.1, 0.15) is 11.5 Å². The van der Waals surface area contributed by atoms with Gasteiger partial charge in [0.2, 0.25) is 0 Å². The summed E-state index contributed by atoms with van der Waals surface area (Å²) in [7, 11) is -3.21. The SMILES string of the molecule is [2H]c1c(C)c([2H])c([Si](c2ccccc2)(c2ccccc2)c2ccccc2)c([2H])c1B1c2ccccc2Oc2ccccc21. The quantitative estimate of drug-likeness (QED) is 0.241. The van der Waals surface area contributed by atoms with Crippen LogP contribution in [0.5, 0.6) is 11.5 Å². The van der Waals surface area contributed by atoms with E-state index in [1.54, 1.807) is 0 Å². The van der Waals surface area contributed by atoms with Gasteiger partial charge in [0, 0.05) is 0 Å². The van der Waals surface area contributed by atoms with Crippen LogP contribution in [-0.4, -0.2) is 14.8 Å². The number of para-hydroxylation sites is 2. The van der Waals surface area contributed by atoms with Crippen molar-refractivity contribution in [2.75, 3.05) is 0 Å². The fourth-order valence-electron chi connectivity index (χ4n) is 6.17. The topological polar surface area (TPSA) is 9.23 Å². The average molecular weight is 532 g/mol. The van der Waals surface area contributed by atoms with Crippen molar-refractivity contribution in [3.63, 3.8) is 0 Å². The molecule has 0 radical (unpaired) electrons. The molecule has 0 saturated carbocycles. The Bertz CT molecular complexity index is 1810. The zero-order valence-corrected chi connectivity index (χ0v) is 23.3. The molecular weight excluding hydrogens is 499 g/mol. The maximum absolute atomic E-state index is 10.1. The summed E-state index contributed by atoms with van der Waals surface area (Å²) in [6.45, 7) is 1.49. The molecule has 190 valence electrons. The Morgan fingerprint density at radius 2 is 0.925 bits per heavy atom. The van der Waals surface area contributed by atoms with Gasteiger partial charge in [-0.05, 0) is 50.7 Å². The van der Waals surface area contributed by atoms with Crippen molar-refractivity contribution >= 4 is 51.9 Å². The number of rotatable bonds is 5. The van der Waals surface area contributed by atoms with Crippen molar-refractivity contribution in [1.82, 2.24) is 0 Å². The van der Waals surface area contributed by atoms with E-state index in [1.165, 1.54) is 0 Å². The van der Waals surface area contributed by atoms with Crippen molar-refractivity contribution in [3.8, 4) is 11.5 Å². The monoisotopic (exact) mass is 531 g/mol. The number of ether oxygens (including phenoxy) is 1. The van der Waals surface area contributed by atoms with E-state index in [4.69, 9.17) is 4.74 Å². The first-order chi connectivity index (χ1) is 21.0. The van der Waals surface area contributed by atoms with E-state index in [1.807, 2.05) is 110 Å². The Kier molecular flexibility index (Phi) is 5.41. The van der Waals surface area contributed by atoms with E-state index in [-0.39, 0.29) is 24.8 Å². The molecule has 0 aromatic heterocycles. The molecule has 6 aromatic rings. The van der Waals surface area contributed by atoms with Gasteiger partial charge >= 0.3 is 0 Å². The van der Waals surface area contributed by atoms with Crippen LogP contribution in [0.2, 0.25) is 0 Å². The summed E-state index contributed by atoms with van der Waals surface area (Å²) in [6, 6.07) is 47.9. The molecule has 0 aliphatic carbocycles. The smallest absolute Gasteiger partial charge is 0.250 e. The second-order valence-corrected chi connectivity index (χ2v) is 14.0. The number of fused-ring (bicyclic) bond motifs is 2. The first-order valence-corrected chi connectivity index (χ1v) is 15.7. The molecule has 0 spiro atoms. The van der Waals surface area contributed by atoms with Gasteiger partial charge in [-0.25, -0.2) is 0 Å². The van der Waals surface area contributed by atoms with Crippen LogP contribution in [0.25, 0.3) is 0 Å². The first-order valence-electron chi connectivity index (χ1n) is 15.2. The molecule has 0 N–H and O–H groups in total. The van der Waals surface area contributed by atoms with Gasteiger partial charge in [0.15, 0.2) is 8.07 Å². The molecule has 0 atom stereocenters. The molecule has 0 bridgehead atoms. The predicted octanol–water partition coefficient (Wildman–Crippen LogP) is 3.99. The second-order valence-electron chi connectivity index (χ2n) is 10.2. The minimum Gasteiger partial charge on any atom is -0.458 e. The third kappa shape index (κ3) is 4.02. The van der Waals surface area contributed by atoms with Gasteiger partial charge in [0.25, 0.3) is 6.71 Å². The Hall–Kier alpha value is -4.60. The highest BCUT2D eigenvalue weighted by molar-refractivity contribution is 7.20. The van der Waals surface area contributed by atoms with Crippen LogP contribution in [0.1, 0.15) is 9.68 Å². The van der Waals surface area contributed by atoms with Gasteiger partial charge < -0.3 is 4.74 Å². The van der Waals surface area contributed by atoms with Crippen LogP contribution in [0.3, 0.4) is 0 Å². The lowest BCUT2D eigenvalue weighted by Crippen LogP contribution is -2.75. The highest BCUT2D eigenvalue weighted by Gasteiger charge is 2.42.